The molecule has 0 spiro atoms. The lowest BCUT2D eigenvalue weighted by molar-refractivity contribution is 0.104. The molecule has 0 radical (unpaired) electrons. The van der Waals surface area contributed by atoms with Crippen LogP contribution in [0.15, 0.2) is 30.5 Å². The first-order valence-electron chi connectivity index (χ1n) is 3.88. The van der Waals surface area contributed by atoms with E-state index in [4.69, 9.17) is 0 Å². The Morgan fingerprint density at radius 2 is 2.15 bits per heavy atom. The second-order valence-corrected chi connectivity index (χ2v) is 3.00. The summed E-state index contributed by atoms with van der Waals surface area (Å²) in [6.07, 6.45) is 0. The van der Waals surface area contributed by atoms with Gasteiger partial charge < -0.3 is 4.90 Å². The molecule has 0 saturated carbocycles. The summed E-state index contributed by atoms with van der Waals surface area (Å²) in [6, 6.07) is 4.16. The average Bonchev–Trinajstić information content (AvgIpc) is 2.32. The first-order chi connectivity index (χ1) is 6.11. The molecule has 1 aliphatic rings. The maximum absolute atomic E-state index is 12.8. The van der Waals surface area contributed by atoms with Gasteiger partial charge in [0.25, 0.3) is 0 Å². The van der Waals surface area contributed by atoms with Gasteiger partial charge in [0.1, 0.15) is 5.82 Å². The first-order valence-corrected chi connectivity index (χ1v) is 3.88. The lowest BCUT2D eigenvalue weighted by Gasteiger charge is -2.11. The van der Waals surface area contributed by atoms with Crippen molar-refractivity contribution in [1.82, 2.24) is 0 Å². The van der Waals surface area contributed by atoms with Crippen LogP contribution in [0.3, 0.4) is 0 Å². The van der Waals surface area contributed by atoms with E-state index in [9.17, 15) is 9.18 Å². The summed E-state index contributed by atoms with van der Waals surface area (Å²) in [5.74, 6) is -0.591. The van der Waals surface area contributed by atoms with E-state index < -0.39 is 5.82 Å². The molecule has 0 bridgehead atoms. The third-order valence-electron chi connectivity index (χ3n) is 2.23. The number of ketones is 1. The van der Waals surface area contributed by atoms with Crippen LogP contribution in [-0.2, 0) is 0 Å². The lowest BCUT2D eigenvalue weighted by atomic mass is 10.1. The third kappa shape index (κ3) is 0.967. The predicted octanol–water partition coefficient (Wildman–Crippen LogP) is 1.97. The molecular weight excluding hydrogens is 169 g/mol. The van der Waals surface area contributed by atoms with Crippen LogP contribution in [0.1, 0.15) is 10.4 Å². The van der Waals surface area contributed by atoms with Gasteiger partial charge in [0, 0.05) is 7.05 Å². The van der Waals surface area contributed by atoms with Gasteiger partial charge in [-0.25, -0.2) is 4.39 Å². The smallest absolute Gasteiger partial charge is 0.210 e. The molecule has 66 valence electrons. The van der Waals surface area contributed by atoms with Crippen molar-refractivity contribution in [2.24, 2.45) is 0 Å². The van der Waals surface area contributed by atoms with E-state index in [0.29, 0.717) is 11.3 Å². The van der Waals surface area contributed by atoms with Gasteiger partial charge in [0.05, 0.1) is 16.9 Å². The molecule has 0 aliphatic carbocycles. The highest BCUT2D eigenvalue weighted by Crippen LogP contribution is 2.32. The van der Waals surface area contributed by atoms with Gasteiger partial charge in [-0.2, -0.15) is 0 Å². The summed E-state index contributed by atoms with van der Waals surface area (Å²) in [6.45, 7) is 3.61. The highest BCUT2D eigenvalue weighted by atomic mass is 19.1. The quantitative estimate of drug-likeness (QED) is 0.565. The van der Waals surface area contributed by atoms with Gasteiger partial charge in [-0.3, -0.25) is 4.79 Å². The minimum Gasteiger partial charge on any atom is -0.341 e. The van der Waals surface area contributed by atoms with Crippen molar-refractivity contribution < 1.29 is 9.18 Å². The number of allylic oxidation sites excluding steroid dienone is 1. The van der Waals surface area contributed by atoms with Crippen molar-refractivity contribution in [1.29, 1.82) is 0 Å². The fourth-order valence-corrected chi connectivity index (χ4v) is 1.44. The Labute approximate surface area is 75.3 Å². The van der Waals surface area contributed by atoms with Crippen molar-refractivity contribution >= 4 is 11.5 Å². The molecule has 0 atom stereocenters. The Hall–Kier alpha value is -1.64. The van der Waals surface area contributed by atoms with Gasteiger partial charge in [0.2, 0.25) is 5.78 Å². The van der Waals surface area contributed by atoms with Gasteiger partial charge in [-0.15, -0.1) is 0 Å². The summed E-state index contributed by atoms with van der Waals surface area (Å²) >= 11 is 0. The minimum absolute atomic E-state index is 0.197. The van der Waals surface area contributed by atoms with Crippen LogP contribution in [0, 0.1) is 5.82 Å². The van der Waals surface area contributed by atoms with E-state index in [-0.39, 0.29) is 5.78 Å². The monoisotopic (exact) mass is 177 g/mol. The van der Waals surface area contributed by atoms with Crippen LogP contribution in [0.5, 0.6) is 0 Å². The van der Waals surface area contributed by atoms with Crippen molar-refractivity contribution in [2.45, 2.75) is 0 Å². The summed E-state index contributed by atoms with van der Waals surface area (Å²) in [5.41, 5.74) is 1.50. The molecule has 2 nitrogen and oxygen atoms in total. The largest absolute Gasteiger partial charge is 0.341 e. The van der Waals surface area contributed by atoms with Crippen molar-refractivity contribution in [2.75, 3.05) is 11.9 Å². The van der Waals surface area contributed by atoms with Crippen LogP contribution < -0.4 is 4.90 Å². The zero-order chi connectivity index (χ0) is 9.59. The van der Waals surface area contributed by atoms with Crippen LogP contribution in [-0.4, -0.2) is 12.8 Å². The molecule has 13 heavy (non-hydrogen) atoms. The predicted molar refractivity (Wildman–Crippen MR) is 48.3 cm³/mol. The van der Waals surface area contributed by atoms with E-state index in [2.05, 4.69) is 6.58 Å². The third-order valence-corrected chi connectivity index (χ3v) is 2.23. The Balaban J connectivity index is 2.67. The van der Waals surface area contributed by atoms with Gasteiger partial charge >= 0.3 is 0 Å². The number of likely N-dealkylation sites (N-methyl/N-ethyl adjacent to an activating group) is 1. The standard InChI is InChI=1S/C10H8FNO/c1-6-10(13)8-5-7(11)3-4-9(8)12(6)2/h3-5H,1H2,2H3. The summed E-state index contributed by atoms with van der Waals surface area (Å²) in [4.78, 5) is 13.1. The summed E-state index contributed by atoms with van der Waals surface area (Å²) < 4.78 is 12.8. The molecule has 1 aromatic rings. The second kappa shape index (κ2) is 2.42. The Kier molecular flexibility index (Phi) is 1.49. The molecule has 0 amide bonds. The Bertz CT molecular complexity index is 411. The molecule has 0 unspecified atom stereocenters. The molecule has 0 saturated heterocycles. The number of halogens is 1. The van der Waals surface area contributed by atoms with E-state index >= 15 is 0 Å². The van der Waals surface area contributed by atoms with Crippen LogP contribution in [0.4, 0.5) is 10.1 Å². The van der Waals surface area contributed by atoms with E-state index in [0.717, 1.165) is 5.69 Å². The number of rotatable bonds is 0. The molecule has 1 aliphatic heterocycles. The SMILES string of the molecule is C=C1C(=O)c2cc(F)ccc2N1C. The molecule has 0 fully saturated rings. The van der Waals surface area contributed by atoms with Gasteiger partial charge in [-0.1, -0.05) is 6.58 Å². The lowest BCUT2D eigenvalue weighted by Crippen LogP contribution is -2.12. The average molecular weight is 177 g/mol. The van der Waals surface area contributed by atoms with Crippen molar-refractivity contribution in [3.8, 4) is 0 Å². The molecule has 0 N–H and O–H groups in total. The highest BCUT2D eigenvalue weighted by Gasteiger charge is 2.28. The van der Waals surface area contributed by atoms with Gasteiger partial charge in [0.15, 0.2) is 0 Å². The number of hydrogen-bond donors (Lipinski definition) is 0. The number of fused-ring (bicyclic) bond motifs is 1. The molecule has 1 heterocycles. The van der Waals surface area contributed by atoms with Crippen LogP contribution >= 0.6 is 0 Å². The molecule has 2 rings (SSSR count). The van der Waals surface area contributed by atoms with E-state index in [1.165, 1.54) is 12.1 Å². The first kappa shape index (κ1) is 7.98. The normalized spacial score (nSPS) is 15.1. The number of benzene rings is 1. The second-order valence-electron chi connectivity index (χ2n) is 3.00. The molecule has 3 heteroatoms. The van der Waals surface area contributed by atoms with Gasteiger partial charge in [-0.05, 0) is 18.2 Å². The molecular formula is C10H8FNO. The highest BCUT2D eigenvalue weighted by molar-refractivity contribution is 6.18. The Morgan fingerprint density at radius 1 is 1.46 bits per heavy atom. The molecule has 1 aromatic carbocycles. The van der Waals surface area contributed by atoms with Crippen LogP contribution in [0.25, 0.3) is 0 Å². The zero-order valence-corrected chi connectivity index (χ0v) is 7.17. The summed E-state index contributed by atoms with van der Waals surface area (Å²) in [5, 5.41) is 0. The number of carbonyl (C=O) groups is 1. The van der Waals surface area contributed by atoms with Crippen molar-refractivity contribution in [3.05, 3.63) is 41.9 Å². The van der Waals surface area contributed by atoms with E-state index in [1.54, 1.807) is 18.0 Å². The fourth-order valence-electron chi connectivity index (χ4n) is 1.44. The number of nitrogens with zero attached hydrogens (tertiary/aromatic N) is 1. The molecule has 0 aromatic heterocycles. The number of hydrogen-bond acceptors (Lipinski definition) is 2. The van der Waals surface area contributed by atoms with Crippen molar-refractivity contribution in [3.63, 3.8) is 0 Å². The number of carbonyl (C=O) groups excluding carboxylic acids is 1. The maximum Gasteiger partial charge on any atom is 0.210 e. The van der Waals surface area contributed by atoms with Crippen LogP contribution in [0.2, 0.25) is 0 Å². The maximum atomic E-state index is 12.8. The minimum atomic E-state index is -0.393. The number of anilines is 1. The number of Topliss-reactive ketones (excluding diaryl/α,β-unsaturated/α-hetero) is 1. The fraction of sp³-hybridized carbons (Fsp3) is 0.100. The zero-order valence-electron chi connectivity index (χ0n) is 7.17. The summed E-state index contributed by atoms with van der Waals surface area (Å²) in [7, 11) is 1.74. The van der Waals surface area contributed by atoms with E-state index in [1.807, 2.05) is 0 Å². The topological polar surface area (TPSA) is 20.3 Å². The Morgan fingerprint density at radius 3 is 2.85 bits per heavy atom.